The zero-order chi connectivity index (χ0) is 8.27. The molecule has 1 atom stereocenters. The number of rotatable bonds is 2. The van der Waals surface area contributed by atoms with E-state index in [1.54, 1.807) is 0 Å². The monoisotopic (exact) mass is 194 g/mol. The molecule has 0 bridgehead atoms. The number of halogens is 1. The van der Waals surface area contributed by atoms with Crippen LogP contribution in [0.1, 0.15) is 6.92 Å². The number of carbonyl (C=O) groups is 1. The van der Waals surface area contributed by atoms with Crippen molar-refractivity contribution in [1.29, 1.82) is 0 Å². The molecule has 0 amide bonds. The molecule has 0 radical (unpaired) electrons. The highest BCUT2D eigenvalue weighted by molar-refractivity contribution is 5.85. The molecular weight excluding hydrogens is 180 g/mol. The number of hydrogen-bond acceptors (Lipinski definition) is 3. The van der Waals surface area contributed by atoms with Gasteiger partial charge in [-0.25, -0.2) is 0 Å². The van der Waals surface area contributed by atoms with Crippen LogP contribution in [0.25, 0.3) is 0 Å². The minimum atomic E-state index is -0.737. The zero-order valence-corrected chi connectivity index (χ0v) is 7.93. The van der Waals surface area contributed by atoms with Crippen LogP contribution in [0.2, 0.25) is 0 Å². The van der Waals surface area contributed by atoms with Crippen molar-refractivity contribution >= 4 is 18.4 Å². The van der Waals surface area contributed by atoms with Crippen LogP contribution in [0.4, 0.5) is 0 Å². The number of hydrogen-bond donors (Lipinski definition) is 2. The van der Waals surface area contributed by atoms with Gasteiger partial charge in [-0.3, -0.25) is 9.69 Å². The van der Waals surface area contributed by atoms with E-state index in [2.05, 4.69) is 12.2 Å². The van der Waals surface area contributed by atoms with Gasteiger partial charge in [0.05, 0.1) is 6.54 Å². The highest BCUT2D eigenvalue weighted by atomic mass is 35.5. The van der Waals surface area contributed by atoms with Crippen molar-refractivity contribution in [3.63, 3.8) is 0 Å². The quantitative estimate of drug-likeness (QED) is 0.639. The maximum absolute atomic E-state index is 10.3. The van der Waals surface area contributed by atoms with Gasteiger partial charge in [-0.1, -0.05) is 0 Å². The van der Waals surface area contributed by atoms with Gasteiger partial charge in [-0.15, -0.1) is 12.4 Å². The fraction of sp³-hybridized carbons (Fsp3) is 0.857. The first-order valence-electron chi connectivity index (χ1n) is 3.86. The van der Waals surface area contributed by atoms with Crippen LogP contribution in [0.15, 0.2) is 0 Å². The largest absolute Gasteiger partial charge is 0.480 e. The average Bonchev–Trinajstić information content (AvgIpc) is 1.85. The second kappa shape index (κ2) is 5.35. The lowest BCUT2D eigenvalue weighted by atomic mass is 10.2. The summed E-state index contributed by atoms with van der Waals surface area (Å²) >= 11 is 0. The van der Waals surface area contributed by atoms with Crippen LogP contribution in [0.5, 0.6) is 0 Å². The lowest BCUT2D eigenvalue weighted by Gasteiger charge is -2.30. The van der Waals surface area contributed by atoms with Crippen molar-refractivity contribution in [2.45, 2.75) is 13.0 Å². The van der Waals surface area contributed by atoms with Gasteiger partial charge in [-0.05, 0) is 6.92 Å². The van der Waals surface area contributed by atoms with Crippen LogP contribution in [0, 0.1) is 0 Å². The third kappa shape index (κ3) is 3.90. The van der Waals surface area contributed by atoms with Gasteiger partial charge >= 0.3 is 5.97 Å². The van der Waals surface area contributed by atoms with Gasteiger partial charge < -0.3 is 10.4 Å². The average molecular weight is 195 g/mol. The molecule has 0 spiro atoms. The van der Waals surface area contributed by atoms with Crippen LogP contribution in [0.3, 0.4) is 0 Å². The summed E-state index contributed by atoms with van der Waals surface area (Å²) < 4.78 is 0. The third-order valence-corrected chi connectivity index (χ3v) is 1.81. The van der Waals surface area contributed by atoms with Gasteiger partial charge in [0.25, 0.3) is 0 Å². The first-order valence-corrected chi connectivity index (χ1v) is 3.86. The number of nitrogens with zero attached hydrogens (tertiary/aromatic N) is 1. The molecule has 1 heterocycles. The van der Waals surface area contributed by atoms with Crippen molar-refractivity contribution in [3.8, 4) is 0 Å². The molecule has 1 fully saturated rings. The summed E-state index contributed by atoms with van der Waals surface area (Å²) in [4.78, 5) is 12.3. The van der Waals surface area contributed by atoms with Crippen LogP contribution >= 0.6 is 12.4 Å². The molecule has 1 rings (SSSR count). The van der Waals surface area contributed by atoms with Crippen molar-refractivity contribution < 1.29 is 9.90 Å². The minimum Gasteiger partial charge on any atom is -0.480 e. The topological polar surface area (TPSA) is 52.6 Å². The van der Waals surface area contributed by atoms with E-state index in [0.29, 0.717) is 6.04 Å². The third-order valence-electron chi connectivity index (χ3n) is 1.81. The molecule has 4 nitrogen and oxygen atoms in total. The summed E-state index contributed by atoms with van der Waals surface area (Å²) in [6.45, 7) is 4.82. The van der Waals surface area contributed by atoms with Crippen molar-refractivity contribution in [1.82, 2.24) is 10.2 Å². The van der Waals surface area contributed by atoms with E-state index in [4.69, 9.17) is 5.11 Å². The molecule has 0 saturated carbocycles. The van der Waals surface area contributed by atoms with Gasteiger partial charge in [0.1, 0.15) is 0 Å². The van der Waals surface area contributed by atoms with Crippen LogP contribution < -0.4 is 5.32 Å². The lowest BCUT2D eigenvalue weighted by molar-refractivity contribution is -0.138. The van der Waals surface area contributed by atoms with Gasteiger partial charge in [0.2, 0.25) is 0 Å². The molecule has 72 valence electrons. The van der Waals surface area contributed by atoms with E-state index in [1.165, 1.54) is 0 Å². The number of carboxylic acids is 1. The van der Waals surface area contributed by atoms with E-state index >= 15 is 0 Å². The predicted octanol–water partition coefficient (Wildman–Crippen LogP) is -0.213. The Balaban J connectivity index is 0.00000121. The Bertz CT molecular complexity index is 154. The molecule has 1 aliphatic rings. The molecule has 12 heavy (non-hydrogen) atoms. The minimum absolute atomic E-state index is 0. The van der Waals surface area contributed by atoms with E-state index in [1.807, 2.05) is 4.90 Å². The van der Waals surface area contributed by atoms with Crippen molar-refractivity contribution in [2.24, 2.45) is 0 Å². The van der Waals surface area contributed by atoms with Crippen LogP contribution in [-0.4, -0.2) is 48.2 Å². The number of aliphatic carboxylic acids is 1. The SMILES string of the molecule is CC1CN(CC(=O)O)CCN1.Cl. The summed E-state index contributed by atoms with van der Waals surface area (Å²) in [5, 5.41) is 11.7. The first-order chi connectivity index (χ1) is 5.18. The number of piperazine rings is 1. The summed E-state index contributed by atoms with van der Waals surface area (Å²) in [6, 6.07) is 0.420. The Labute approximate surface area is 78.3 Å². The summed E-state index contributed by atoms with van der Waals surface area (Å²) in [7, 11) is 0. The molecule has 0 aliphatic carbocycles. The number of carboxylic acid groups (broad SMARTS) is 1. The molecule has 2 N–H and O–H groups in total. The molecular formula is C7H15ClN2O2. The van der Waals surface area contributed by atoms with E-state index < -0.39 is 5.97 Å². The molecule has 1 aliphatic heterocycles. The highest BCUT2D eigenvalue weighted by Crippen LogP contribution is 1.96. The van der Waals surface area contributed by atoms with Crippen molar-refractivity contribution in [2.75, 3.05) is 26.2 Å². The normalized spacial score (nSPS) is 24.6. The van der Waals surface area contributed by atoms with Gasteiger partial charge in [0.15, 0.2) is 0 Å². The Kier molecular flexibility index (Phi) is 5.20. The van der Waals surface area contributed by atoms with E-state index in [0.717, 1.165) is 19.6 Å². The Morgan fingerprint density at radius 1 is 1.75 bits per heavy atom. The second-order valence-electron chi connectivity index (χ2n) is 2.98. The Morgan fingerprint density at radius 2 is 2.42 bits per heavy atom. The number of nitrogens with one attached hydrogen (secondary N) is 1. The fourth-order valence-corrected chi connectivity index (χ4v) is 1.35. The van der Waals surface area contributed by atoms with Gasteiger partial charge in [-0.2, -0.15) is 0 Å². The molecule has 0 aromatic rings. The Hall–Kier alpha value is -0.320. The summed E-state index contributed by atoms with van der Waals surface area (Å²) in [6.07, 6.45) is 0. The summed E-state index contributed by atoms with van der Waals surface area (Å²) in [5.41, 5.74) is 0. The molecule has 1 unspecified atom stereocenters. The maximum Gasteiger partial charge on any atom is 0.317 e. The van der Waals surface area contributed by atoms with E-state index in [9.17, 15) is 4.79 Å². The molecule has 5 heteroatoms. The highest BCUT2D eigenvalue weighted by Gasteiger charge is 2.16. The van der Waals surface area contributed by atoms with Crippen LogP contribution in [-0.2, 0) is 4.79 Å². The summed E-state index contributed by atoms with van der Waals surface area (Å²) in [5.74, 6) is -0.737. The maximum atomic E-state index is 10.3. The first kappa shape index (κ1) is 11.7. The lowest BCUT2D eigenvalue weighted by Crippen LogP contribution is -2.50. The van der Waals surface area contributed by atoms with Gasteiger partial charge in [0, 0.05) is 25.7 Å². The molecule has 0 aromatic heterocycles. The van der Waals surface area contributed by atoms with Crippen molar-refractivity contribution in [3.05, 3.63) is 0 Å². The van der Waals surface area contributed by atoms with E-state index in [-0.39, 0.29) is 19.0 Å². The smallest absolute Gasteiger partial charge is 0.317 e. The molecule has 1 saturated heterocycles. The second-order valence-corrected chi connectivity index (χ2v) is 2.98. The fourth-order valence-electron chi connectivity index (χ4n) is 1.35. The Morgan fingerprint density at radius 3 is 2.92 bits per heavy atom. The standard InChI is InChI=1S/C7H14N2O2.ClH/c1-6-4-9(3-2-8-6)5-7(10)11;/h6,8H,2-5H2,1H3,(H,10,11);1H. The predicted molar refractivity (Wildman–Crippen MR) is 48.8 cm³/mol. The molecule has 0 aromatic carbocycles. The zero-order valence-electron chi connectivity index (χ0n) is 7.12.